The minimum atomic E-state index is -3.35. The quantitative estimate of drug-likeness (QED) is 0.842. The molecular formula is C15H26N2O2S2. The first-order valence-corrected chi connectivity index (χ1v) is 10.1. The highest BCUT2D eigenvalue weighted by molar-refractivity contribution is 7.91. The highest BCUT2D eigenvalue weighted by Gasteiger charge is 2.25. The van der Waals surface area contributed by atoms with Gasteiger partial charge in [0.2, 0.25) is 10.0 Å². The molecule has 1 aromatic rings. The third kappa shape index (κ3) is 5.06. The van der Waals surface area contributed by atoms with Gasteiger partial charge in [-0.2, -0.15) is 0 Å². The molecule has 0 saturated heterocycles. The number of hydrogen-bond donors (Lipinski definition) is 2. The molecule has 0 aromatic carbocycles. The van der Waals surface area contributed by atoms with Crippen LogP contribution in [-0.2, 0) is 16.6 Å². The maximum atomic E-state index is 12.4. The molecule has 6 heteroatoms. The molecule has 0 spiro atoms. The van der Waals surface area contributed by atoms with E-state index in [4.69, 9.17) is 0 Å². The van der Waals surface area contributed by atoms with E-state index in [2.05, 4.69) is 30.8 Å². The third-order valence-electron chi connectivity index (χ3n) is 3.95. The number of sulfonamides is 1. The zero-order chi connectivity index (χ0) is 15.5. The molecule has 1 aliphatic rings. The number of thiophene rings is 1. The highest BCUT2D eigenvalue weighted by Crippen LogP contribution is 2.26. The Morgan fingerprint density at radius 3 is 2.57 bits per heavy atom. The predicted molar refractivity (Wildman–Crippen MR) is 88.0 cm³/mol. The molecule has 0 atom stereocenters. The van der Waals surface area contributed by atoms with E-state index in [1.807, 2.05) is 5.38 Å². The molecule has 0 bridgehead atoms. The maximum absolute atomic E-state index is 12.4. The molecule has 0 unspecified atom stereocenters. The first-order valence-electron chi connectivity index (χ1n) is 7.70. The van der Waals surface area contributed by atoms with Gasteiger partial charge in [0.1, 0.15) is 4.21 Å². The van der Waals surface area contributed by atoms with E-state index in [1.54, 1.807) is 6.07 Å². The summed E-state index contributed by atoms with van der Waals surface area (Å²) in [6, 6.07) is 2.28. The van der Waals surface area contributed by atoms with Crippen LogP contribution in [0.5, 0.6) is 0 Å². The summed E-state index contributed by atoms with van der Waals surface area (Å²) >= 11 is 1.31. The van der Waals surface area contributed by atoms with Gasteiger partial charge in [0, 0.05) is 18.6 Å². The van der Waals surface area contributed by atoms with Crippen molar-refractivity contribution in [1.82, 2.24) is 10.0 Å². The topological polar surface area (TPSA) is 58.2 Å². The van der Waals surface area contributed by atoms with Gasteiger partial charge in [-0.25, -0.2) is 13.1 Å². The molecule has 1 aromatic heterocycles. The lowest BCUT2D eigenvalue weighted by molar-refractivity contribution is 0.332. The van der Waals surface area contributed by atoms with Gasteiger partial charge in [0.05, 0.1) is 0 Å². The third-order valence-corrected chi connectivity index (χ3v) is 6.96. The normalized spacial score (nSPS) is 23.6. The SMILES string of the molecule is CC1CCC(NS(=O)(=O)c2cc(CNC(C)C)cs2)CC1. The molecule has 1 saturated carbocycles. The van der Waals surface area contributed by atoms with Crippen LogP contribution in [0.4, 0.5) is 0 Å². The Bertz CT molecular complexity index is 544. The van der Waals surface area contributed by atoms with Crippen molar-refractivity contribution in [3.63, 3.8) is 0 Å². The molecular weight excluding hydrogens is 304 g/mol. The molecule has 2 N–H and O–H groups in total. The van der Waals surface area contributed by atoms with E-state index in [1.165, 1.54) is 11.3 Å². The van der Waals surface area contributed by atoms with Crippen LogP contribution < -0.4 is 10.0 Å². The lowest BCUT2D eigenvalue weighted by Gasteiger charge is -2.26. The monoisotopic (exact) mass is 330 g/mol. The molecule has 2 rings (SSSR count). The van der Waals surface area contributed by atoms with E-state index in [0.717, 1.165) is 37.2 Å². The maximum Gasteiger partial charge on any atom is 0.250 e. The Morgan fingerprint density at radius 2 is 1.95 bits per heavy atom. The van der Waals surface area contributed by atoms with Crippen LogP contribution in [0.25, 0.3) is 0 Å². The van der Waals surface area contributed by atoms with Gasteiger partial charge >= 0.3 is 0 Å². The van der Waals surface area contributed by atoms with Gasteiger partial charge in [-0.1, -0.05) is 20.8 Å². The van der Waals surface area contributed by atoms with E-state index >= 15 is 0 Å². The van der Waals surface area contributed by atoms with Crippen LogP contribution >= 0.6 is 11.3 Å². The lowest BCUT2D eigenvalue weighted by Crippen LogP contribution is -2.37. The summed E-state index contributed by atoms with van der Waals surface area (Å²) < 4.78 is 28.1. The van der Waals surface area contributed by atoms with Gasteiger partial charge in [0.15, 0.2) is 0 Å². The van der Waals surface area contributed by atoms with Gasteiger partial charge in [-0.05, 0) is 48.6 Å². The average molecular weight is 331 g/mol. The summed E-state index contributed by atoms with van der Waals surface area (Å²) in [4.78, 5) is 0. The fourth-order valence-electron chi connectivity index (χ4n) is 2.56. The van der Waals surface area contributed by atoms with Crippen molar-refractivity contribution in [3.8, 4) is 0 Å². The number of hydrogen-bond acceptors (Lipinski definition) is 4. The predicted octanol–water partition coefficient (Wildman–Crippen LogP) is 3.10. The Morgan fingerprint density at radius 1 is 1.29 bits per heavy atom. The second kappa shape index (κ2) is 7.22. The van der Waals surface area contributed by atoms with E-state index in [-0.39, 0.29) is 6.04 Å². The van der Waals surface area contributed by atoms with Gasteiger partial charge in [-0.15, -0.1) is 11.3 Å². The van der Waals surface area contributed by atoms with Crippen molar-refractivity contribution in [2.24, 2.45) is 5.92 Å². The molecule has 21 heavy (non-hydrogen) atoms. The summed E-state index contributed by atoms with van der Waals surface area (Å²) in [5.41, 5.74) is 1.03. The fraction of sp³-hybridized carbons (Fsp3) is 0.733. The smallest absolute Gasteiger partial charge is 0.250 e. The van der Waals surface area contributed by atoms with Gasteiger partial charge in [-0.3, -0.25) is 0 Å². The standard InChI is InChI=1S/C15H26N2O2S2/c1-11(2)16-9-13-8-15(20-10-13)21(18,19)17-14-6-4-12(3)5-7-14/h8,10-12,14,16-17H,4-7,9H2,1-3H3. The Hall–Kier alpha value is -0.430. The molecule has 0 amide bonds. The van der Waals surface area contributed by atoms with Crippen LogP contribution in [0, 0.1) is 5.92 Å². The van der Waals surface area contributed by atoms with Crippen molar-refractivity contribution in [2.45, 2.75) is 69.3 Å². The van der Waals surface area contributed by atoms with Gasteiger partial charge in [0.25, 0.3) is 0 Å². The molecule has 0 aliphatic heterocycles. The minimum absolute atomic E-state index is 0.102. The van der Waals surface area contributed by atoms with Crippen LogP contribution in [0.2, 0.25) is 0 Å². The molecule has 4 nitrogen and oxygen atoms in total. The molecule has 120 valence electrons. The Kier molecular flexibility index (Phi) is 5.82. The second-order valence-electron chi connectivity index (χ2n) is 6.39. The van der Waals surface area contributed by atoms with Crippen molar-refractivity contribution in [2.75, 3.05) is 0 Å². The zero-order valence-electron chi connectivity index (χ0n) is 13.1. The lowest BCUT2D eigenvalue weighted by atomic mass is 9.88. The number of rotatable bonds is 6. The molecule has 0 radical (unpaired) electrons. The van der Waals surface area contributed by atoms with Crippen molar-refractivity contribution >= 4 is 21.4 Å². The summed E-state index contributed by atoms with van der Waals surface area (Å²) in [6.07, 6.45) is 4.13. The second-order valence-corrected chi connectivity index (χ2v) is 9.24. The Balaban J connectivity index is 1.96. The largest absolute Gasteiger partial charge is 0.310 e. The summed E-state index contributed by atoms with van der Waals surface area (Å²) in [7, 11) is -3.35. The van der Waals surface area contributed by atoms with Crippen LogP contribution in [0.15, 0.2) is 15.7 Å². The highest BCUT2D eigenvalue weighted by atomic mass is 32.2. The number of nitrogens with one attached hydrogen (secondary N) is 2. The fourth-order valence-corrected chi connectivity index (χ4v) is 5.10. The first-order chi connectivity index (χ1) is 9.87. The van der Waals surface area contributed by atoms with Crippen molar-refractivity contribution < 1.29 is 8.42 Å². The van der Waals surface area contributed by atoms with Crippen molar-refractivity contribution in [3.05, 3.63) is 17.0 Å². The molecule has 1 heterocycles. The molecule has 1 fully saturated rings. The summed E-state index contributed by atoms with van der Waals surface area (Å²) in [5.74, 6) is 0.723. The Labute approximate surface area is 132 Å². The van der Waals surface area contributed by atoms with Crippen LogP contribution in [0.1, 0.15) is 52.0 Å². The minimum Gasteiger partial charge on any atom is -0.310 e. The zero-order valence-corrected chi connectivity index (χ0v) is 14.7. The van der Waals surface area contributed by atoms with Crippen LogP contribution in [0.3, 0.4) is 0 Å². The average Bonchev–Trinajstić information content (AvgIpc) is 2.88. The first kappa shape index (κ1) is 16.9. The van der Waals surface area contributed by atoms with E-state index < -0.39 is 10.0 Å². The molecule has 1 aliphatic carbocycles. The van der Waals surface area contributed by atoms with E-state index in [0.29, 0.717) is 16.8 Å². The summed E-state index contributed by atoms with van der Waals surface area (Å²) in [6.45, 7) is 7.11. The van der Waals surface area contributed by atoms with E-state index in [9.17, 15) is 8.42 Å². The van der Waals surface area contributed by atoms with Gasteiger partial charge < -0.3 is 5.32 Å². The van der Waals surface area contributed by atoms with Crippen LogP contribution in [-0.4, -0.2) is 20.5 Å². The summed E-state index contributed by atoms with van der Waals surface area (Å²) in [5, 5.41) is 5.23. The van der Waals surface area contributed by atoms with Crippen molar-refractivity contribution in [1.29, 1.82) is 0 Å².